The molecule has 1 saturated heterocycles. The van der Waals surface area contributed by atoms with E-state index in [1.807, 2.05) is 29.2 Å². The Balaban J connectivity index is 1.26. The summed E-state index contributed by atoms with van der Waals surface area (Å²) >= 11 is 4.65. The molecule has 0 radical (unpaired) electrons. The number of benzene rings is 1. The van der Waals surface area contributed by atoms with Crippen LogP contribution in [0.2, 0.25) is 0 Å². The van der Waals surface area contributed by atoms with Crippen LogP contribution in [-0.2, 0) is 0 Å². The van der Waals surface area contributed by atoms with Crippen molar-refractivity contribution in [3.8, 4) is 0 Å². The average molecular weight is 587 g/mol. The van der Waals surface area contributed by atoms with Gasteiger partial charge >= 0.3 is 6.03 Å². The van der Waals surface area contributed by atoms with Gasteiger partial charge in [-0.1, -0.05) is 6.07 Å². The maximum atomic E-state index is 12.4. The molecule has 1 aliphatic heterocycles. The minimum atomic E-state index is -0.189. The van der Waals surface area contributed by atoms with Crippen LogP contribution in [-0.4, -0.2) is 58.8 Å². The number of thiophene rings is 1. The summed E-state index contributed by atoms with van der Waals surface area (Å²) in [6.45, 7) is 4.11. The molecule has 4 N–H and O–H groups in total. The molecule has 12 heteroatoms. The summed E-state index contributed by atoms with van der Waals surface area (Å²) in [5.41, 5.74) is 1.44. The number of nitrogens with one attached hydrogen (secondary N) is 4. The first-order chi connectivity index (χ1) is 17.9. The zero-order chi connectivity index (χ0) is 26.2. The fourth-order valence-corrected chi connectivity index (χ4v) is 4.86. The van der Waals surface area contributed by atoms with Gasteiger partial charge in [0.05, 0.1) is 14.2 Å². The van der Waals surface area contributed by atoms with Crippen LogP contribution in [0.4, 0.5) is 27.9 Å². The van der Waals surface area contributed by atoms with E-state index < -0.39 is 0 Å². The zero-order valence-electron chi connectivity index (χ0n) is 20.3. The molecular formula is C25H28BrN7O3S. The largest absolute Gasteiger partial charge is 0.369 e. The van der Waals surface area contributed by atoms with Gasteiger partial charge in [-0.15, -0.1) is 11.3 Å². The zero-order valence-corrected chi connectivity index (χ0v) is 22.7. The van der Waals surface area contributed by atoms with Crippen molar-refractivity contribution in [2.45, 2.75) is 26.2 Å². The Morgan fingerprint density at radius 3 is 2.57 bits per heavy atom. The van der Waals surface area contributed by atoms with Crippen LogP contribution < -0.4 is 21.3 Å². The van der Waals surface area contributed by atoms with Crippen molar-refractivity contribution < 1.29 is 14.4 Å². The normalized spacial score (nSPS) is 12.8. The standard InChI is InChI=1S/C25H28BrN7O3S/c1-16(34)20-8-9-21(37-20)23(35)28-11-5-10-27-22-19(26)15-29-24(32-22)30-17-6-4-7-18(14-17)31-25(36)33-12-2-3-13-33/h4,6-9,14-15H,2-3,5,10-13H2,1H3,(H,28,35)(H,31,36)(H2,27,29,30,32). The number of carbonyl (C=O) groups is 3. The highest BCUT2D eigenvalue weighted by atomic mass is 79.9. The Morgan fingerprint density at radius 1 is 1.05 bits per heavy atom. The van der Waals surface area contributed by atoms with E-state index in [1.54, 1.807) is 18.3 Å². The summed E-state index contributed by atoms with van der Waals surface area (Å²) in [5, 5.41) is 12.2. The van der Waals surface area contributed by atoms with Gasteiger partial charge in [-0.25, -0.2) is 9.78 Å². The molecular weight excluding hydrogens is 558 g/mol. The first-order valence-electron chi connectivity index (χ1n) is 12.0. The molecule has 194 valence electrons. The van der Waals surface area contributed by atoms with Gasteiger partial charge in [0.15, 0.2) is 5.78 Å². The van der Waals surface area contributed by atoms with Crippen LogP contribution >= 0.6 is 27.3 Å². The van der Waals surface area contributed by atoms with Gasteiger partial charge < -0.3 is 26.2 Å². The SMILES string of the molecule is CC(=O)c1ccc(C(=O)NCCCNc2nc(Nc3cccc(NC(=O)N4CCCC4)c3)ncc2Br)s1. The molecule has 0 aliphatic carbocycles. The highest BCUT2D eigenvalue weighted by molar-refractivity contribution is 9.10. The molecule has 3 aromatic rings. The van der Waals surface area contributed by atoms with Gasteiger partial charge in [0, 0.05) is 43.8 Å². The molecule has 1 fully saturated rings. The number of aromatic nitrogens is 2. The Labute approximate surface area is 227 Å². The second-order valence-corrected chi connectivity index (χ2v) is 10.4. The van der Waals surface area contributed by atoms with Crippen LogP contribution in [0.5, 0.6) is 0 Å². The monoisotopic (exact) mass is 585 g/mol. The summed E-state index contributed by atoms with van der Waals surface area (Å²) in [4.78, 5) is 47.8. The fraction of sp³-hybridized carbons (Fsp3) is 0.320. The Kier molecular flexibility index (Phi) is 9.07. The lowest BCUT2D eigenvalue weighted by Gasteiger charge is -2.16. The molecule has 3 heterocycles. The van der Waals surface area contributed by atoms with E-state index in [-0.39, 0.29) is 17.7 Å². The summed E-state index contributed by atoms with van der Waals surface area (Å²) in [7, 11) is 0. The third kappa shape index (κ3) is 7.49. The minimum Gasteiger partial charge on any atom is -0.369 e. The number of urea groups is 1. The van der Waals surface area contributed by atoms with E-state index in [1.165, 1.54) is 18.3 Å². The van der Waals surface area contributed by atoms with Gasteiger partial charge in [0.1, 0.15) is 5.82 Å². The van der Waals surface area contributed by atoms with E-state index in [4.69, 9.17) is 0 Å². The van der Waals surface area contributed by atoms with Gasteiger partial charge in [-0.3, -0.25) is 9.59 Å². The number of hydrogen-bond acceptors (Lipinski definition) is 8. The summed E-state index contributed by atoms with van der Waals surface area (Å²) in [6.07, 6.45) is 4.41. The van der Waals surface area contributed by atoms with E-state index in [9.17, 15) is 14.4 Å². The van der Waals surface area contributed by atoms with Gasteiger partial charge in [-0.2, -0.15) is 4.98 Å². The number of nitrogens with zero attached hydrogens (tertiary/aromatic N) is 3. The molecule has 1 aromatic carbocycles. The van der Waals surface area contributed by atoms with Crippen LogP contribution in [0.3, 0.4) is 0 Å². The lowest BCUT2D eigenvalue weighted by molar-refractivity contribution is 0.0957. The smallest absolute Gasteiger partial charge is 0.321 e. The van der Waals surface area contributed by atoms with Crippen LogP contribution in [0.25, 0.3) is 0 Å². The van der Waals surface area contributed by atoms with Crippen molar-refractivity contribution in [2.75, 3.05) is 42.1 Å². The number of likely N-dealkylation sites (tertiary alicyclic amines) is 1. The third-order valence-corrected chi connectivity index (χ3v) is 7.38. The maximum Gasteiger partial charge on any atom is 0.321 e. The number of carbonyl (C=O) groups excluding carboxylic acids is 3. The number of anilines is 4. The first kappa shape index (κ1) is 26.6. The average Bonchev–Trinajstić information content (AvgIpc) is 3.59. The number of rotatable bonds is 10. The lowest BCUT2D eigenvalue weighted by Crippen LogP contribution is -2.32. The van der Waals surface area contributed by atoms with Crippen LogP contribution in [0.15, 0.2) is 47.1 Å². The van der Waals surface area contributed by atoms with Gasteiger partial charge in [0.2, 0.25) is 5.95 Å². The second-order valence-electron chi connectivity index (χ2n) is 8.48. The number of Topliss-reactive ketones (excluding diaryl/α,β-unsaturated/α-hetero) is 1. The molecule has 10 nitrogen and oxygen atoms in total. The van der Waals surface area contributed by atoms with E-state index in [0.717, 1.165) is 31.6 Å². The quantitative estimate of drug-likeness (QED) is 0.192. The van der Waals surface area contributed by atoms with Crippen LogP contribution in [0.1, 0.15) is 45.5 Å². The predicted molar refractivity (Wildman–Crippen MR) is 149 cm³/mol. The highest BCUT2D eigenvalue weighted by Crippen LogP contribution is 2.24. The number of halogens is 1. The second kappa shape index (κ2) is 12.6. The van der Waals surface area contributed by atoms with Crippen molar-refractivity contribution >= 4 is 68.1 Å². The number of hydrogen-bond donors (Lipinski definition) is 4. The fourth-order valence-electron chi connectivity index (χ4n) is 3.71. The topological polar surface area (TPSA) is 128 Å². The molecule has 0 spiro atoms. The van der Waals surface area contributed by atoms with E-state index in [2.05, 4.69) is 47.2 Å². The van der Waals surface area contributed by atoms with Crippen molar-refractivity contribution in [3.63, 3.8) is 0 Å². The number of amides is 3. The highest BCUT2D eigenvalue weighted by Gasteiger charge is 2.18. The minimum absolute atomic E-state index is 0.0467. The van der Waals surface area contributed by atoms with Crippen molar-refractivity contribution in [3.05, 3.63) is 56.8 Å². The van der Waals surface area contributed by atoms with Gasteiger partial charge in [0.25, 0.3) is 5.91 Å². The van der Waals surface area contributed by atoms with Gasteiger partial charge in [-0.05, 0) is 72.4 Å². The lowest BCUT2D eigenvalue weighted by atomic mass is 10.3. The van der Waals surface area contributed by atoms with E-state index >= 15 is 0 Å². The summed E-state index contributed by atoms with van der Waals surface area (Å²) in [5.74, 6) is 0.785. The Morgan fingerprint density at radius 2 is 1.81 bits per heavy atom. The molecule has 0 saturated carbocycles. The third-order valence-electron chi connectivity index (χ3n) is 5.62. The van der Waals surface area contributed by atoms with Crippen molar-refractivity contribution in [1.82, 2.24) is 20.2 Å². The van der Waals surface area contributed by atoms with Crippen molar-refractivity contribution in [2.24, 2.45) is 0 Å². The molecule has 1 aliphatic rings. The van der Waals surface area contributed by atoms with Crippen LogP contribution in [0, 0.1) is 0 Å². The predicted octanol–water partition coefficient (Wildman–Crippen LogP) is 5.11. The molecule has 2 aromatic heterocycles. The summed E-state index contributed by atoms with van der Waals surface area (Å²) in [6, 6.07) is 10.6. The molecule has 4 rings (SSSR count). The molecule has 0 bridgehead atoms. The molecule has 37 heavy (non-hydrogen) atoms. The van der Waals surface area contributed by atoms with Crippen molar-refractivity contribution in [1.29, 1.82) is 0 Å². The summed E-state index contributed by atoms with van der Waals surface area (Å²) < 4.78 is 0.712. The Hall–Kier alpha value is -3.51. The number of ketones is 1. The molecule has 0 unspecified atom stereocenters. The maximum absolute atomic E-state index is 12.4. The first-order valence-corrected chi connectivity index (χ1v) is 13.6. The Bertz CT molecular complexity index is 1280. The van der Waals surface area contributed by atoms with E-state index in [0.29, 0.717) is 51.2 Å². The molecule has 0 atom stereocenters. The molecule has 3 amide bonds.